The van der Waals surface area contributed by atoms with Crippen molar-refractivity contribution in [2.24, 2.45) is 0 Å². The van der Waals surface area contributed by atoms with E-state index in [1.165, 1.54) is 0 Å². The third-order valence-corrected chi connectivity index (χ3v) is 5.27. The minimum atomic E-state index is -3.41. The molecule has 118 valence electrons. The van der Waals surface area contributed by atoms with Gasteiger partial charge in [-0.2, -0.15) is 0 Å². The van der Waals surface area contributed by atoms with Gasteiger partial charge < -0.3 is 10.4 Å². The molecule has 5 nitrogen and oxygen atoms in total. The first-order valence-corrected chi connectivity index (χ1v) is 9.05. The molecule has 0 amide bonds. The normalized spacial score (nSPS) is 23.0. The standard InChI is InChI=1S/C15H24N2O3S/c1-2-11-16-21(19,20)13-9-7-12(8-10-13)17-14-5-3-4-6-15(14)18/h7-10,14-18H,2-6,11H2,1H3. The van der Waals surface area contributed by atoms with Crippen LogP contribution in [0, 0.1) is 0 Å². The number of anilines is 1. The molecule has 1 saturated carbocycles. The maximum atomic E-state index is 12.0. The summed E-state index contributed by atoms with van der Waals surface area (Å²) in [7, 11) is -3.41. The van der Waals surface area contributed by atoms with Gasteiger partial charge >= 0.3 is 0 Å². The molecule has 0 aliphatic heterocycles. The van der Waals surface area contributed by atoms with E-state index in [0.29, 0.717) is 6.54 Å². The van der Waals surface area contributed by atoms with Crippen molar-refractivity contribution in [2.75, 3.05) is 11.9 Å². The Hall–Kier alpha value is -1.11. The zero-order valence-corrected chi connectivity index (χ0v) is 13.2. The second-order valence-electron chi connectivity index (χ2n) is 5.52. The van der Waals surface area contributed by atoms with Crippen molar-refractivity contribution < 1.29 is 13.5 Å². The van der Waals surface area contributed by atoms with Gasteiger partial charge in [-0.1, -0.05) is 19.8 Å². The second-order valence-corrected chi connectivity index (χ2v) is 7.29. The molecule has 0 aromatic heterocycles. The quantitative estimate of drug-likeness (QED) is 0.751. The Morgan fingerprint density at radius 2 is 1.86 bits per heavy atom. The molecule has 1 aliphatic rings. The van der Waals surface area contributed by atoms with Crippen LogP contribution in [-0.2, 0) is 10.0 Å². The Bertz CT molecular complexity index is 543. The van der Waals surface area contributed by atoms with E-state index in [4.69, 9.17) is 0 Å². The Morgan fingerprint density at radius 3 is 2.48 bits per heavy atom. The molecule has 1 fully saturated rings. The molecule has 1 aliphatic carbocycles. The summed E-state index contributed by atoms with van der Waals surface area (Å²) in [6.07, 6.45) is 4.39. The predicted octanol–water partition coefficient (Wildman–Crippen LogP) is 2.09. The highest BCUT2D eigenvalue weighted by Crippen LogP contribution is 2.23. The smallest absolute Gasteiger partial charge is 0.240 e. The molecule has 2 unspecified atom stereocenters. The third kappa shape index (κ3) is 4.43. The molecule has 0 radical (unpaired) electrons. The van der Waals surface area contributed by atoms with Gasteiger partial charge in [-0.25, -0.2) is 13.1 Å². The molecule has 2 rings (SSSR count). The van der Waals surface area contributed by atoms with Gasteiger partial charge in [-0.15, -0.1) is 0 Å². The van der Waals surface area contributed by atoms with Crippen LogP contribution >= 0.6 is 0 Å². The lowest BCUT2D eigenvalue weighted by molar-refractivity contribution is 0.116. The highest BCUT2D eigenvalue weighted by molar-refractivity contribution is 7.89. The fourth-order valence-electron chi connectivity index (χ4n) is 2.54. The highest BCUT2D eigenvalue weighted by Gasteiger charge is 2.22. The van der Waals surface area contributed by atoms with Gasteiger partial charge in [0, 0.05) is 12.2 Å². The molecule has 1 aromatic rings. The second kappa shape index (κ2) is 7.24. The SMILES string of the molecule is CCCNS(=O)(=O)c1ccc(NC2CCCCC2O)cc1. The number of aliphatic hydroxyl groups excluding tert-OH is 1. The van der Waals surface area contributed by atoms with Crippen LogP contribution in [0.3, 0.4) is 0 Å². The molecule has 3 N–H and O–H groups in total. The van der Waals surface area contributed by atoms with Crippen LogP contribution in [0.15, 0.2) is 29.2 Å². The number of hydrogen-bond donors (Lipinski definition) is 3. The first-order valence-electron chi connectivity index (χ1n) is 7.57. The number of aliphatic hydroxyl groups is 1. The highest BCUT2D eigenvalue weighted by atomic mass is 32.2. The molecule has 1 aromatic carbocycles. The van der Waals surface area contributed by atoms with Gasteiger partial charge in [0.2, 0.25) is 10.0 Å². The van der Waals surface area contributed by atoms with Crippen molar-refractivity contribution in [1.82, 2.24) is 4.72 Å². The van der Waals surface area contributed by atoms with Crippen molar-refractivity contribution >= 4 is 15.7 Å². The van der Waals surface area contributed by atoms with E-state index < -0.39 is 10.0 Å². The lowest BCUT2D eigenvalue weighted by Crippen LogP contribution is -2.36. The average molecular weight is 312 g/mol. The summed E-state index contributed by atoms with van der Waals surface area (Å²) in [4.78, 5) is 0.269. The topological polar surface area (TPSA) is 78.4 Å². The summed E-state index contributed by atoms with van der Waals surface area (Å²) in [5.74, 6) is 0. The summed E-state index contributed by atoms with van der Waals surface area (Å²) in [6, 6.07) is 6.74. The molecule has 21 heavy (non-hydrogen) atoms. The molecular formula is C15H24N2O3S. The zero-order valence-electron chi connectivity index (χ0n) is 12.4. The van der Waals surface area contributed by atoms with E-state index >= 15 is 0 Å². The maximum Gasteiger partial charge on any atom is 0.240 e. The number of rotatable bonds is 6. The minimum Gasteiger partial charge on any atom is -0.391 e. The Balaban J connectivity index is 2.01. The van der Waals surface area contributed by atoms with Crippen molar-refractivity contribution in [1.29, 1.82) is 0 Å². The maximum absolute atomic E-state index is 12.0. The van der Waals surface area contributed by atoms with Gasteiger partial charge in [-0.3, -0.25) is 0 Å². The van der Waals surface area contributed by atoms with E-state index in [-0.39, 0.29) is 17.0 Å². The summed E-state index contributed by atoms with van der Waals surface area (Å²) >= 11 is 0. The fraction of sp³-hybridized carbons (Fsp3) is 0.600. The van der Waals surface area contributed by atoms with Crippen LogP contribution in [0.25, 0.3) is 0 Å². The van der Waals surface area contributed by atoms with Crippen molar-refractivity contribution in [3.63, 3.8) is 0 Å². The summed E-state index contributed by atoms with van der Waals surface area (Å²) in [5.41, 5.74) is 0.843. The van der Waals surface area contributed by atoms with Crippen molar-refractivity contribution in [2.45, 2.75) is 56.1 Å². The van der Waals surface area contributed by atoms with E-state index in [1.54, 1.807) is 24.3 Å². The largest absolute Gasteiger partial charge is 0.391 e. The monoisotopic (exact) mass is 312 g/mol. The van der Waals surface area contributed by atoms with Crippen LogP contribution in [0.1, 0.15) is 39.0 Å². The molecule has 0 heterocycles. The number of hydrogen-bond acceptors (Lipinski definition) is 4. The van der Waals surface area contributed by atoms with Crippen LogP contribution < -0.4 is 10.0 Å². The van der Waals surface area contributed by atoms with Gasteiger partial charge in [0.15, 0.2) is 0 Å². The first-order chi connectivity index (χ1) is 10.0. The molecule has 6 heteroatoms. The Labute approximate surface area is 126 Å². The minimum absolute atomic E-state index is 0.0550. The zero-order chi connectivity index (χ0) is 15.3. The lowest BCUT2D eigenvalue weighted by Gasteiger charge is -2.29. The number of benzene rings is 1. The van der Waals surface area contributed by atoms with E-state index in [2.05, 4.69) is 10.0 Å². The molecule has 0 spiro atoms. The fourth-order valence-corrected chi connectivity index (χ4v) is 3.68. The van der Waals surface area contributed by atoms with E-state index in [0.717, 1.165) is 37.8 Å². The van der Waals surface area contributed by atoms with Crippen molar-refractivity contribution in [3.05, 3.63) is 24.3 Å². The van der Waals surface area contributed by atoms with E-state index in [9.17, 15) is 13.5 Å². The molecule has 0 saturated heterocycles. The van der Waals surface area contributed by atoms with Gasteiger partial charge in [-0.05, 0) is 43.5 Å². The number of sulfonamides is 1. The molecular weight excluding hydrogens is 288 g/mol. The Morgan fingerprint density at radius 1 is 1.19 bits per heavy atom. The predicted molar refractivity (Wildman–Crippen MR) is 83.8 cm³/mol. The first kappa shape index (κ1) is 16.3. The number of nitrogens with one attached hydrogen (secondary N) is 2. The van der Waals surface area contributed by atoms with E-state index in [1.807, 2.05) is 6.92 Å². The van der Waals surface area contributed by atoms with Crippen LogP contribution in [0.2, 0.25) is 0 Å². The van der Waals surface area contributed by atoms with Crippen molar-refractivity contribution in [3.8, 4) is 0 Å². The summed E-state index contributed by atoms with van der Waals surface area (Å²) < 4.78 is 26.5. The molecule has 2 atom stereocenters. The summed E-state index contributed by atoms with van der Waals surface area (Å²) in [6.45, 7) is 2.36. The van der Waals surface area contributed by atoms with Gasteiger partial charge in [0.1, 0.15) is 0 Å². The Kier molecular flexibility index (Phi) is 5.61. The summed E-state index contributed by atoms with van der Waals surface area (Å²) in [5, 5.41) is 13.2. The van der Waals surface area contributed by atoms with Gasteiger partial charge in [0.05, 0.1) is 17.0 Å². The lowest BCUT2D eigenvalue weighted by atomic mass is 9.92. The van der Waals surface area contributed by atoms with Crippen LogP contribution in [-0.4, -0.2) is 32.2 Å². The average Bonchev–Trinajstić information content (AvgIpc) is 2.48. The van der Waals surface area contributed by atoms with Crippen LogP contribution in [0.5, 0.6) is 0 Å². The third-order valence-electron chi connectivity index (χ3n) is 3.79. The molecule has 0 bridgehead atoms. The van der Waals surface area contributed by atoms with Crippen LogP contribution in [0.4, 0.5) is 5.69 Å². The van der Waals surface area contributed by atoms with Gasteiger partial charge in [0.25, 0.3) is 0 Å².